The molecule has 1 aromatic carbocycles. The van der Waals surface area contributed by atoms with Gasteiger partial charge in [0, 0.05) is 0 Å². The third-order valence-corrected chi connectivity index (χ3v) is 2.16. The first-order valence-electron chi connectivity index (χ1n) is 5.19. The van der Waals surface area contributed by atoms with Crippen LogP contribution in [0.3, 0.4) is 0 Å². The number of carbonyl (C=O) groups excluding carboxylic acids is 1. The van der Waals surface area contributed by atoms with E-state index in [9.17, 15) is 4.79 Å². The van der Waals surface area contributed by atoms with Crippen molar-refractivity contribution >= 4 is 11.6 Å². The van der Waals surface area contributed by atoms with Crippen molar-refractivity contribution < 1.29 is 9.53 Å². The molecule has 1 rings (SSSR count). The summed E-state index contributed by atoms with van der Waals surface area (Å²) in [6, 6.07) is 7.51. The Labute approximate surface area is 100 Å². The summed E-state index contributed by atoms with van der Waals surface area (Å²) in [5.74, 6) is 0.457. The molecule has 1 amide bonds. The van der Waals surface area contributed by atoms with Crippen molar-refractivity contribution in [3.63, 3.8) is 0 Å². The van der Waals surface area contributed by atoms with E-state index in [1.165, 1.54) is 0 Å². The van der Waals surface area contributed by atoms with E-state index in [1.54, 1.807) is 7.11 Å². The van der Waals surface area contributed by atoms with E-state index in [0.29, 0.717) is 5.75 Å². The molecule has 5 nitrogen and oxygen atoms in total. The van der Waals surface area contributed by atoms with Crippen LogP contribution in [0.1, 0.15) is 5.56 Å². The van der Waals surface area contributed by atoms with Gasteiger partial charge >= 0.3 is 0 Å². The average Bonchev–Trinajstić information content (AvgIpc) is 2.34. The predicted octanol–water partition coefficient (Wildman–Crippen LogP) is 1.06. The second kappa shape index (κ2) is 6.38. The molecular formula is C12H15N3O2. The van der Waals surface area contributed by atoms with E-state index in [1.807, 2.05) is 31.2 Å². The molecule has 2 N–H and O–H groups in total. The van der Waals surface area contributed by atoms with Crippen molar-refractivity contribution in [2.24, 2.45) is 0 Å². The van der Waals surface area contributed by atoms with Crippen LogP contribution in [0.25, 0.3) is 0 Å². The topological polar surface area (TPSA) is 74.2 Å². The Morgan fingerprint density at radius 3 is 2.94 bits per heavy atom. The van der Waals surface area contributed by atoms with Gasteiger partial charge in [-0.15, -0.1) is 0 Å². The van der Waals surface area contributed by atoms with Crippen molar-refractivity contribution in [1.29, 1.82) is 5.26 Å². The largest absolute Gasteiger partial charge is 0.495 e. The number of nitrogens with one attached hydrogen (secondary N) is 2. The quantitative estimate of drug-likeness (QED) is 0.746. The predicted molar refractivity (Wildman–Crippen MR) is 64.8 cm³/mol. The molecule has 0 aliphatic rings. The normalized spacial score (nSPS) is 9.24. The maximum Gasteiger partial charge on any atom is 0.240 e. The molecule has 0 aliphatic carbocycles. The number of nitrogens with zero attached hydrogens (tertiary/aromatic N) is 1. The number of hydrogen-bond donors (Lipinski definition) is 2. The number of hydrogen-bond acceptors (Lipinski definition) is 4. The third kappa shape index (κ3) is 4.03. The molecule has 0 heterocycles. The van der Waals surface area contributed by atoms with E-state index in [2.05, 4.69) is 10.6 Å². The molecule has 0 aromatic heterocycles. The molecule has 0 spiro atoms. The Morgan fingerprint density at radius 2 is 2.29 bits per heavy atom. The van der Waals surface area contributed by atoms with Gasteiger partial charge in [0.1, 0.15) is 12.3 Å². The fraction of sp³-hybridized carbons (Fsp3) is 0.333. The van der Waals surface area contributed by atoms with Crippen LogP contribution >= 0.6 is 0 Å². The molecule has 0 bridgehead atoms. The molecule has 0 saturated carbocycles. The molecule has 1 aromatic rings. The number of methoxy groups -OCH3 is 1. The first kappa shape index (κ1) is 12.8. The summed E-state index contributed by atoms with van der Waals surface area (Å²) in [7, 11) is 1.57. The summed E-state index contributed by atoms with van der Waals surface area (Å²) in [5, 5.41) is 13.7. The van der Waals surface area contributed by atoms with Gasteiger partial charge < -0.3 is 15.4 Å². The van der Waals surface area contributed by atoms with Crippen LogP contribution in [-0.2, 0) is 4.79 Å². The minimum atomic E-state index is -0.227. The van der Waals surface area contributed by atoms with Crippen LogP contribution in [-0.4, -0.2) is 26.1 Å². The lowest BCUT2D eigenvalue weighted by Gasteiger charge is -2.11. The second-order valence-corrected chi connectivity index (χ2v) is 3.49. The standard InChI is InChI=1S/C12H15N3O2/c1-9-3-4-11(17-2)10(7-9)15-8-12(16)14-6-5-13/h3-4,7,15H,6,8H2,1-2H3,(H,14,16). The summed E-state index contributed by atoms with van der Waals surface area (Å²) in [4.78, 5) is 11.3. The number of aryl methyl sites for hydroxylation is 1. The third-order valence-electron chi connectivity index (χ3n) is 2.16. The molecule has 17 heavy (non-hydrogen) atoms. The lowest BCUT2D eigenvalue weighted by Crippen LogP contribution is -2.30. The number of anilines is 1. The monoisotopic (exact) mass is 233 g/mol. The van der Waals surface area contributed by atoms with Crippen LogP contribution in [0, 0.1) is 18.3 Å². The van der Waals surface area contributed by atoms with Crippen LogP contribution in [0.4, 0.5) is 5.69 Å². The van der Waals surface area contributed by atoms with Crippen molar-refractivity contribution in [2.75, 3.05) is 25.5 Å². The van der Waals surface area contributed by atoms with E-state index >= 15 is 0 Å². The Hall–Kier alpha value is -2.22. The van der Waals surface area contributed by atoms with E-state index < -0.39 is 0 Å². The minimum Gasteiger partial charge on any atom is -0.495 e. The van der Waals surface area contributed by atoms with Crippen molar-refractivity contribution in [1.82, 2.24) is 5.32 Å². The molecular weight excluding hydrogens is 218 g/mol. The minimum absolute atomic E-state index is 0.0193. The Balaban J connectivity index is 2.59. The molecule has 90 valence electrons. The van der Waals surface area contributed by atoms with Gasteiger partial charge in [-0.2, -0.15) is 5.26 Å². The molecule has 0 aliphatic heterocycles. The maximum absolute atomic E-state index is 11.3. The van der Waals surface area contributed by atoms with Crippen molar-refractivity contribution in [3.05, 3.63) is 23.8 Å². The fourth-order valence-corrected chi connectivity index (χ4v) is 1.34. The summed E-state index contributed by atoms with van der Waals surface area (Å²) in [6.45, 7) is 2.09. The SMILES string of the molecule is COc1ccc(C)cc1NCC(=O)NCC#N. The number of amides is 1. The zero-order chi connectivity index (χ0) is 12.7. The molecule has 5 heteroatoms. The smallest absolute Gasteiger partial charge is 0.240 e. The summed E-state index contributed by atoms with van der Waals surface area (Å²) >= 11 is 0. The van der Waals surface area contributed by atoms with Gasteiger partial charge in [0.05, 0.1) is 25.4 Å². The van der Waals surface area contributed by atoms with Gasteiger partial charge in [0.15, 0.2) is 0 Å². The second-order valence-electron chi connectivity index (χ2n) is 3.49. The number of benzene rings is 1. The first-order chi connectivity index (χ1) is 8.17. The van der Waals surface area contributed by atoms with E-state index in [0.717, 1.165) is 11.3 Å². The van der Waals surface area contributed by atoms with Gasteiger partial charge in [-0.3, -0.25) is 4.79 Å². The van der Waals surface area contributed by atoms with Gasteiger partial charge in [-0.25, -0.2) is 0 Å². The Kier molecular flexibility index (Phi) is 4.82. The highest BCUT2D eigenvalue weighted by Crippen LogP contribution is 2.24. The summed E-state index contributed by atoms with van der Waals surface area (Å²) < 4.78 is 5.17. The van der Waals surface area contributed by atoms with Crippen LogP contribution in [0.15, 0.2) is 18.2 Å². The van der Waals surface area contributed by atoms with Crippen LogP contribution in [0.5, 0.6) is 5.75 Å². The van der Waals surface area contributed by atoms with Gasteiger partial charge in [0.2, 0.25) is 5.91 Å². The fourth-order valence-electron chi connectivity index (χ4n) is 1.34. The Morgan fingerprint density at radius 1 is 1.53 bits per heavy atom. The summed E-state index contributed by atoms with van der Waals surface area (Å²) in [5.41, 5.74) is 1.84. The Bertz CT molecular complexity index is 438. The number of nitriles is 1. The molecule has 0 fully saturated rings. The van der Waals surface area contributed by atoms with Gasteiger partial charge in [-0.05, 0) is 24.6 Å². The average molecular weight is 233 g/mol. The lowest BCUT2D eigenvalue weighted by molar-refractivity contribution is -0.119. The van der Waals surface area contributed by atoms with Crippen LogP contribution < -0.4 is 15.4 Å². The highest BCUT2D eigenvalue weighted by molar-refractivity contribution is 5.81. The van der Waals surface area contributed by atoms with E-state index in [4.69, 9.17) is 10.00 Å². The van der Waals surface area contributed by atoms with Gasteiger partial charge in [0.25, 0.3) is 0 Å². The number of ether oxygens (including phenoxy) is 1. The molecule has 0 atom stereocenters. The van der Waals surface area contributed by atoms with Gasteiger partial charge in [-0.1, -0.05) is 6.07 Å². The number of carbonyl (C=O) groups is 1. The molecule has 0 unspecified atom stereocenters. The highest BCUT2D eigenvalue weighted by atomic mass is 16.5. The lowest BCUT2D eigenvalue weighted by atomic mass is 10.2. The van der Waals surface area contributed by atoms with Crippen LogP contribution in [0.2, 0.25) is 0 Å². The first-order valence-corrected chi connectivity index (χ1v) is 5.19. The highest BCUT2D eigenvalue weighted by Gasteiger charge is 2.05. The maximum atomic E-state index is 11.3. The molecule has 0 radical (unpaired) electrons. The zero-order valence-electron chi connectivity index (χ0n) is 9.91. The van der Waals surface area contributed by atoms with Crippen molar-refractivity contribution in [3.8, 4) is 11.8 Å². The zero-order valence-corrected chi connectivity index (χ0v) is 9.91. The van der Waals surface area contributed by atoms with E-state index in [-0.39, 0.29) is 19.0 Å². The van der Waals surface area contributed by atoms with Crippen molar-refractivity contribution in [2.45, 2.75) is 6.92 Å². The number of rotatable bonds is 5. The molecule has 0 saturated heterocycles. The summed E-state index contributed by atoms with van der Waals surface area (Å²) in [6.07, 6.45) is 0.